The molecule has 7 heteroatoms. The molecule has 0 saturated carbocycles. The van der Waals surface area contributed by atoms with Crippen LogP contribution in [0.4, 0.5) is 0 Å². The number of methoxy groups -OCH3 is 2. The van der Waals surface area contributed by atoms with Crippen LogP contribution in [0.1, 0.15) is 11.3 Å². The van der Waals surface area contributed by atoms with Gasteiger partial charge in [-0.05, 0) is 42.8 Å². The molecule has 29 heavy (non-hydrogen) atoms. The summed E-state index contributed by atoms with van der Waals surface area (Å²) in [6.07, 6.45) is 0.230. The van der Waals surface area contributed by atoms with Crippen molar-refractivity contribution in [2.75, 3.05) is 27.4 Å². The quantitative estimate of drug-likeness (QED) is 0.540. The van der Waals surface area contributed by atoms with Crippen LogP contribution < -0.4 is 19.5 Å². The SMILES string of the molecule is COc1ccc(-c2nc(CC(=O)NCCOc3cccc(C)c3)cs2)cc1OC. The molecule has 0 fully saturated rings. The van der Waals surface area contributed by atoms with Gasteiger partial charge in [0.1, 0.15) is 17.4 Å². The maximum atomic E-state index is 12.2. The number of thiazole rings is 1. The topological polar surface area (TPSA) is 69.7 Å². The van der Waals surface area contributed by atoms with Gasteiger partial charge in [0, 0.05) is 10.9 Å². The molecule has 3 rings (SSSR count). The summed E-state index contributed by atoms with van der Waals surface area (Å²) in [5.41, 5.74) is 2.79. The van der Waals surface area contributed by atoms with E-state index in [1.807, 2.05) is 54.8 Å². The summed E-state index contributed by atoms with van der Waals surface area (Å²) in [6, 6.07) is 13.5. The van der Waals surface area contributed by atoms with Crippen LogP contribution >= 0.6 is 11.3 Å². The van der Waals surface area contributed by atoms with Crippen molar-refractivity contribution in [3.63, 3.8) is 0 Å². The number of aryl methyl sites for hydroxylation is 1. The van der Waals surface area contributed by atoms with Crippen LogP contribution in [0.25, 0.3) is 10.6 Å². The molecule has 0 aliphatic heterocycles. The minimum atomic E-state index is -0.0815. The second-order valence-corrected chi connectivity index (χ2v) is 7.26. The first-order valence-electron chi connectivity index (χ1n) is 9.22. The van der Waals surface area contributed by atoms with Crippen molar-refractivity contribution in [3.8, 4) is 27.8 Å². The number of ether oxygens (including phenoxy) is 3. The van der Waals surface area contributed by atoms with Crippen molar-refractivity contribution in [2.45, 2.75) is 13.3 Å². The summed E-state index contributed by atoms with van der Waals surface area (Å²) in [6.45, 7) is 2.88. The first-order chi connectivity index (χ1) is 14.1. The summed E-state index contributed by atoms with van der Waals surface area (Å²) in [5, 5.41) is 5.59. The van der Waals surface area contributed by atoms with E-state index in [1.54, 1.807) is 14.2 Å². The van der Waals surface area contributed by atoms with Crippen LogP contribution in [0, 0.1) is 6.92 Å². The molecule has 0 unspecified atom stereocenters. The van der Waals surface area contributed by atoms with Crippen LogP contribution in [-0.4, -0.2) is 38.3 Å². The van der Waals surface area contributed by atoms with Gasteiger partial charge in [-0.15, -0.1) is 11.3 Å². The largest absolute Gasteiger partial charge is 0.493 e. The van der Waals surface area contributed by atoms with E-state index in [0.29, 0.717) is 24.7 Å². The molecule has 1 heterocycles. The highest BCUT2D eigenvalue weighted by atomic mass is 32.1. The lowest BCUT2D eigenvalue weighted by molar-refractivity contribution is -0.120. The normalized spacial score (nSPS) is 10.4. The summed E-state index contributed by atoms with van der Waals surface area (Å²) >= 11 is 1.49. The van der Waals surface area contributed by atoms with E-state index in [-0.39, 0.29) is 12.3 Å². The van der Waals surface area contributed by atoms with Gasteiger partial charge in [0.2, 0.25) is 5.91 Å². The molecule has 0 aliphatic rings. The third-order valence-corrected chi connectivity index (χ3v) is 5.15. The zero-order valence-electron chi connectivity index (χ0n) is 16.7. The Labute approximate surface area is 174 Å². The van der Waals surface area contributed by atoms with Gasteiger partial charge in [0.05, 0.1) is 32.9 Å². The summed E-state index contributed by atoms with van der Waals surface area (Å²) in [4.78, 5) is 16.7. The predicted octanol–water partition coefficient (Wildman–Crippen LogP) is 3.87. The van der Waals surface area contributed by atoms with Crippen LogP contribution in [-0.2, 0) is 11.2 Å². The van der Waals surface area contributed by atoms with Crippen LogP contribution in [0.3, 0.4) is 0 Å². The Balaban J connectivity index is 1.50. The molecule has 1 amide bonds. The van der Waals surface area contributed by atoms with Gasteiger partial charge < -0.3 is 19.5 Å². The second kappa shape index (κ2) is 9.93. The van der Waals surface area contributed by atoms with E-state index >= 15 is 0 Å². The van der Waals surface area contributed by atoms with Crippen LogP contribution in [0.15, 0.2) is 47.8 Å². The molecule has 1 N–H and O–H groups in total. The Bertz CT molecular complexity index is 971. The molecule has 6 nitrogen and oxygen atoms in total. The molecule has 0 spiro atoms. The van der Waals surface area contributed by atoms with Crippen molar-refractivity contribution in [2.24, 2.45) is 0 Å². The number of benzene rings is 2. The van der Waals surface area contributed by atoms with Gasteiger partial charge >= 0.3 is 0 Å². The number of nitrogens with one attached hydrogen (secondary N) is 1. The number of hydrogen-bond acceptors (Lipinski definition) is 6. The smallest absolute Gasteiger partial charge is 0.226 e. The Morgan fingerprint density at radius 2 is 1.93 bits per heavy atom. The lowest BCUT2D eigenvalue weighted by atomic mass is 10.2. The van der Waals surface area contributed by atoms with Crippen molar-refractivity contribution >= 4 is 17.2 Å². The van der Waals surface area contributed by atoms with Crippen LogP contribution in [0.5, 0.6) is 17.2 Å². The van der Waals surface area contributed by atoms with Gasteiger partial charge in [-0.3, -0.25) is 4.79 Å². The molecule has 1 aromatic heterocycles. The number of nitrogens with zero attached hydrogens (tertiary/aromatic N) is 1. The molecule has 3 aromatic rings. The molecule has 0 bridgehead atoms. The number of aromatic nitrogens is 1. The van der Waals surface area contributed by atoms with Crippen molar-refractivity contribution < 1.29 is 19.0 Å². The zero-order chi connectivity index (χ0) is 20.6. The van der Waals surface area contributed by atoms with Gasteiger partial charge in [-0.2, -0.15) is 0 Å². The average molecular weight is 413 g/mol. The fourth-order valence-corrected chi connectivity index (χ4v) is 3.60. The van der Waals surface area contributed by atoms with Crippen molar-refractivity contribution in [1.82, 2.24) is 10.3 Å². The van der Waals surface area contributed by atoms with E-state index in [9.17, 15) is 4.79 Å². The fraction of sp³-hybridized carbons (Fsp3) is 0.273. The highest BCUT2D eigenvalue weighted by molar-refractivity contribution is 7.13. The van der Waals surface area contributed by atoms with Gasteiger partial charge in [-0.25, -0.2) is 4.98 Å². The monoisotopic (exact) mass is 412 g/mol. The Hall–Kier alpha value is -3.06. The Morgan fingerprint density at radius 1 is 1.10 bits per heavy atom. The minimum absolute atomic E-state index is 0.0815. The molecule has 152 valence electrons. The average Bonchev–Trinajstić information content (AvgIpc) is 3.19. The lowest BCUT2D eigenvalue weighted by Gasteiger charge is -2.08. The number of carbonyl (C=O) groups is 1. The van der Waals surface area contributed by atoms with E-state index in [1.165, 1.54) is 11.3 Å². The van der Waals surface area contributed by atoms with E-state index in [2.05, 4.69) is 10.3 Å². The summed E-state index contributed by atoms with van der Waals surface area (Å²) in [5.74, 6) is 2.04. The van der Waals surface area contributed by atoms with E-state index in [0.717, 1.165) is 27.6 Å². The number of carbonyl (C=O) groups excluding carboxylic acids is 1. The molecular weight excluding hydrogens is 388 g/mol. The van der Waals surface area contributed by atoms with Crippen LogP contribution in [0.2, 0.25) is 0 Å². The standard InChI is InChI=1S/C22H24N2O4S/c1-15-5-4-6-18(11-15)28-10-9-23-21(25)13-17-14-29-22(24-17)16-7-8-19(26-2)20(12-16)27-3/h4-8,11-12,14H,9-10,13H2,1-3H3,(H,23,25). The minimum Gasteiger partial charge on any atom is -0.493 e. The number of rotatable bonds is 9. The highest BCUT2D eigenvalue weighted by Gasteiger charge is 2.11. The van der Waals surface area contributed by atoms with Gasteiger partial charge in [-0.1, -0.05) is 12.1 Å². The Morgan fingerprint density at radius 3 is 2.69 bits per heavy atom. The molecule has 0 radical (unpaired) electrons. The predicted molar refractivity (Wildman–Crippen MR) is 114 cm³/mol. The van der Waals surface area contributed by atoms with Crippen molar-refractivity contribution in [3.05, 3.63) is 59.1 Å². The van der Waals surface area contributed by atoms with Gasteiger partial charge in [0.25, 0.3) is 0 Å². The lowest BCUT2D eigenvalue weighted by Crippen LogP contribution is -2.29. The van der Waals surface area contributed by atoms with E-state index in [4.69, 9.17) is 14.2 Å². The molecular formula is C22H24N2O4S. The molecule has 0 saturated heterocycles. The third kappa shape index (κ3) is 5.71. The van der Waals surface area contributed by atoms with E-state index < -0.39 is 0 Å². The summed E-state index contributed by atoms with van der Waals surface area (Å²) < 4.78 is 16.2. The molecule has 0 aliphatic carbocycles. The highest BCUT2D eigenvalue weighted by Crippen LogP contribution is 2.33. The zero-order valence-corrected chi connectivity index (χ0v) is 17.5. The fourth-order valence-electron chi connectivity index (χ4n) is 2.78. The van der Waals surface area contributed by atoms with Gasteiger partial charge in [0.15, 0.2) is 11.5 Å². The first-order valence-corrected chi connectivity index (χ1v) is 10.1. The molecule has 2 aromatic carbocycles. The number of hydrogen-bond donors (Lipinski definition) is 1. The summed E-state index contributed by atoms with van der Waals surface area (Å²) in [7, 11) is 3.20. The third-order valence-electron chi connectivity index (χ3n) is 4.21. The van der Waals surface area contributed by atoms with Crippen molar-refractivity contribution in [1.29, 1.82) is 0 Å². The maximum Gasteiger partial charge on any atom is 0.226 e. The number of amides is 1. The maximum absolute atomic E-state index is 12.2. The second-order valence-electron chi connectivity index (χ2n) is 6.41. The first kappa shape index (κ1) is 20.7. The Kier molecular flexibility index (Phi) is 7.08. The molecule has 0 atom stereocenters.